The lowest BCUT2D eigenvalue weighted by Crippen LogP contribution is -2.51. The molecule has 0 unspecified atom stereocenters. The highest BCUT2D eigenvalue weighted by Gasteiger charge is 2.20. The van der Waals surface area contributed by atoms with Gasteiger partial charge in [0.1, 0.15) is 0 Å². The van der Waals surface area contributed by atoms with Gasteiger partial charge < -0.3 is 16.0 Å². The molecule has 1 heterocycles. The van der Waals surface area contributed by atoms with Gasteiger partial charge >= 0.3 is 6.03 Å². The van der Waals surface area contributed by atoms with Gasteiger partial charge in [0.15, 0.2) is 0 Å². The zero-order chi connectivity index (χ0) is 14.5. The van der Waals surface area contributed by atoms with Crippen LogP contribution in [0.3, 0.4) is 0 Å². The lowest BCUT2D eigenvalue weighted by atomic mass is 9.88. The third-order valence-electron chi connectivity index (χ3n) is 3.70. The van der Waals surface area contributed by atoms with Crippen LogP contribution in [0.2, 0.25) is 0 Å². The highest BCUT2D eigenvalue weighted by Crippen LogP contribution is 2.23. The minimum atomic E-state index is -0.00371. The molecule has 1 aliphatic rings. The van der Waals surface area contributed by atoms with Gasteiger partial charge in [0, 0.05) is 45.5 Å². The molecular weight excluding hydrogens is 240 g/mol. The van der Waals surface area contributed by atoms with Crippen molar-refractivity contribution in [1.82, 2.24) is 15.1 Å². The summed E-state index contributed by atoms with van der Waals surface area (Å²) in [7, 11) is 0. The van der Waals surface area contributed by atoms with E-state index in [0.29, 0.717) is 6.54 Å². The van der Waals surface area contributed by atoms with E-state index >= 15 is 0 Å². The van der Waals surface area contributed by atoms with E-state index in [-0.39, 0.29) is 11.4 Å². The number of nitrogens with zero attached hydrogens (tertiary/aromatic N) is 2. The summed E-state index contributed by atoms with van der Waals surface area (Å²) in [6, 6.07) is -0.00371. The molecule has 0 aliphatic carbocycles. The van der Waals surface area contributed by atoms with Crippen molar-refractivity contribution in [1.29, 1.82) is 0 Å². The molecule has 0 radical (unpaired) electrons. The van der Waals surface area contributed by atoms with Crippen molar-refractivity contribution in [3.05, 3.63) is 11.8 Å². The molecule has 0 spiro atoms. The number of allylic oxidation sites excluding steroid dienone is 1. The van der Waals surface area contributed by atoms with Gasteiger partial charge in [-0.15, -0.1) is 0 Å². The first-order valence-corrected chi connectivity index (χ1v) is 6.99. The first-order chi connectivity index (χ1) is 8.84. The molecule has 0 atom stereocenters. The largest absolute Gasteiger partial charge is 0.329 e. The maximum absolute atomic E-state index is 12.0. The minimum absolute atomic E-state index is 0.00371. The van der Waals surface area contributed by atoms with Gasteiger partial charge in [-0.1, -0.05) is 26.3 Å². The Morgan fingerprint density at radius 1 is 1.26 bits per heavy atom. The fourth-order valence-electron chi connectivity index (χ4n) is 1.83. The second kappa shape index (κ2) is 6.91. The van der Waals surface area contributed by atoms with Crippen molar-refractivity contribution in [2.75, 3.05) is 39.3 Å². The SMILES string of the molecule is C/C(=C\NC(=O)N1CCN(CCN)CC1)C(C)(C)C. The molecule has 3 N–H and O–H groups in total. The topological polar surface area (TPSA) is 61.6 Å². The number of carbonyl (C=O) groups is 1. The number of carbonyl (C=O) groups excluding carboxylic acids is 1. The lowest BCUT2D eigenvalue weighted by molar-refractivity contribution is 0.143. The van der Waals surface area contributed by atoms with Crippen LogP contribution in [-0.2, 0) is 0 Å². The Bertz CT molecular complexity index is 325. The summed E-state index contributed by atoms with van der Waals surface area (Å²) in [5.74, 6) is 0. The van der Waals surface area contributed by atoms with E-state index in [2.05, 4.69) is 31.0 Å². The van der Waals surface area contributed by atoms with E-state index in [1.165, 1.54) is 5.57 Å². The number of hydrogen-bond donors (Lipinski definition) is 2. The molecule has 0 saturated carbocycles. The van der Waals surface area contributed by atoms with Crippen molar-refractivity contribution < 1.29 is 4.79 Å². The van der Waals surface area contributed by atoms with Gasteiger partial charge in [0.2, 0.25) is 0 Å². The minimum Gasteiger partial charge on any atom is -0.329 e. The van der Waals surface area contributed by atoms with Crippen LogP contribution < -0.4 is 11.1 Å². The lowest BCUT2D eigenvalue weighted by Gasteiger charge is -2.34. The molecule has 0 aromatic carbocycles. The Hall–Kier alpha value is -1.07. The molecule has 1 aliphatic heterocycles. The molecule has 19 heavy (non-hydrogen) atoms. The van der Waals surface area contributed by atoms with Crippen LogP contribution in [-0.4, -0.2) is 55.1 Å². The summed E-state index contributed by atoms with van der Waals surface area (Å²) in [5, 5.41) is 2.89. The van der Waals surface area contributed by atoms with Crippen LogP contribution in [0.4, 0.5) is 4.79 Å². The van der Waals surface area contributed by atoms with E-state index in [9.17, 15) is 4.79 Å². The second-order valence-electron chi connectivity index (χ2n) is 6.14. The van der Waals surface area contributed by atoms with Crippen molar-refractivity contribution in [2.24, 2.45) is 11.1 Å². The molecular formula is C14H28N4O. The predicted molar refractivity (Wildman–Crippen MR) is 78.8 cm³/mol. The molecule has 110 valence electrons. The van der Waals surface area contributed by atoms with Crippen LogP contribution in [0.1, 0.15) is 27.7 Å². The fourth-order valence-corrected chi connectivity index (χ4v) is 1.83. The predicted octanol–water partition coefficient (Wildman–Crippen LogP) is 1.22. The number of piperazine rings is 1. The van der Waals surface area contributed by atoms with E-state index in [1.54, 1.807) is 0 Å². The number of nitrogens with two attached hydrogens (primary N) is 1. The van der Waals surface area contributed by atoms with E-state index < -0.39 is 0 Å². The van der Waals surface area contributed by atoms with Crippen LogP contribution in [0, 0.1) is 5.41 Å². The smallest absolute Gasteiger partial charge is 0.321 e. The van der Waals surface area contributed by atoms with Crippen molar-refractivity contribution in [3.8, 4) is 0 Å². The monoisotopic (exact) mass is 268 g/mol. The van der Waals surface area contributed by atoms with Crippen molar-refractivity contribution >= 4 is 6.03 Å². The zero-order valence-electron chi connectivity index (χ0n) is 12.7. The first kappa shape index (κ1) is 16.0. The Morgan fingerprint density at radius 2 is 1.84 bits per heavy atom. The summed E-state index contributed by atoms with van der Waals surface area (Å²) in [5.41, 5.74) is 6.79. The third-order valence-corrected chi connectivity index (χ3v) is 3.70. The van der Waals surface area contributed by atoms with Crippen LogP contribution in [0.25, 0.3) is 0 Å². The Labute approximate surface area is 116 Å². The fraction of sp³-hybridized carbons (Fsp3) is 0.786. The number of rotatable bonds is 3. The van der Waals surface area contributed by atoms with Crippen LogP contribution >= 0.6 is 0 Å². The maximum atomic E-state index is 12.0. The molecule has 2 amide bonds. The maximum Gasteiger partial charge on any atom is 0.321 e. The van der Waals surface area contributed by atoms with Gasteiger partial charge in [-0.2, -0.15) is 0 Å². The van der Waals surface area contributed by atoms with E-state index in [4.69, 9.17) is 5.73 Å². The quantitative estimate of drug-likeness (QED) is 0.809. The second-order valence-corrected chi connectivity index (χ2v) is 6.14. The highest BCUT2D eigenvalue weighted by molar-refractivity contribution is 5.75. The summed E-state index contributed by atoms with van der Waals surface area (Å²) in [6.07, 6.45) is 1.83. The van der Waals surface area contributed by atoms with Gasteiger partial charge in [-0.25, -0.2) is 4.79 Å². The van der Waals surface area contributed by atoms with Gasteiger partial charge in [-0.3, -0.25) is 4.90 Å². The Morgan fingerprint density at radius 3 is 2.32 bits per heavy atom. The average Bonchev–Trinajstić information content (AvgIpc) is 2.35. The normalized spacial score (nSPS) is 18.6. The molecule has 0 aromatic heterocycles. The summed E-state index contributed by atoms with van der Waals surface area (Å²) < 4.78 is 0. The van der Waals surface area contributed by atoms with Crippen LogP contribution in [0.15, 0.2) is 11.8 Å². The average molecular weight is 268 g/mol. The molecule has 1 fully saturated rings. The third kappa shape index (κ3) is 5.20. The first-order valence-electron chi connectivity index (χ1n) is 6.99. The zero-order valence-corrected chi connectivity index (χ0v) is 12.7. The van der Waals surface area contributed by atoms with Gasteiger partial charge in [0.05, 0.1) is 0 Å². The number of amides is 2. The molecule has 1 rings (SSSR count). The Balaban J connectivity index is 2.40. The molecule has 5 heteroatoms. The summed E-state index contributed by atoms with van der Waals surface area (Å²) in [4.78, 5) is 16.2. The number of hydrogen-bond acceptors (Lipinski definition) is 3. The number of nitrogens with one attached hydrogen (secondary N) is 1. The van der Waals surface area contributed by atoms with Crippen molar-refractivity contribution in [2.45, 2.75) is 27.7 Å². The molecule has 0 aromatic rings. The highest BCUT2D eigenvalue weighted by atomic mass is 16.2. The van der Waals surface area contributed by atoms with E-state index in [1.807, 2.05) is 18.0 Å². The summed E-state index contributed by atoms with van der Waals surface area (Å²) in [6.45, 7) is 13.4. The van der Waals surface area contributed by atoms with E-state index in [0.717, 1.165) is 32.7 Å². The molecule has 0 bridgehead atoms. The van der Waals surface area contributed by atoms with Crippen molar-refractivity contribution in [3.63, 3.8) is 0 Å². The Kier molecular flexibility index (Phi) is 5.82. The molecule has 5 nitrogen and oxygen atoms in total. The van der Waals surface area contributed by atoms with Crippen LogP contribution in [0.5, 0.6) is 0 Å². The number of urea groups is 1. The molecule has 1 saturated heterocycles. The van der Waals surface area contributed by atoms with Gasteiger partial charge in [0.25, 0.3) is 0 Å². The standard InChI is InChI=1S/C14H28N4O/c1-12(14(2,3)4)11-16-13(19)18-9-7-17(6-5-15)8-10-18/h11H,5-10,15H2,1-4H3,(H,16,19)/b12-11+. The summed E-state index contributed by atoms with van der Waals surface area (Å²) >= 11 is 0. The van der Waals surface area contributed by atoms with Gasteiger partial charge in [-0.05, 0) is 12.3 Å².